The molecule has 1 saturated heterocycles. The highest BCUT2D eigenvalue weighted by atomic mass is 16.2. The third kappa shape index (κ3) is 3.63. The van der Waals surface area contributed by atoms with Crippen LogP contribution in [0.25, 0.3) is 10.8 Å². The minimum absolute atomic E-state index is 0.0697. The first-order valence-corrected chi connectivity index (χ1v) is 9.73. The van der Waals surface area contributed by atoms with Gasteiger partial charge in [0.05, 0.1) is 6.04 Å². The molecule has 2 aromatic carbocycles. The second-order valence-corrected chi connectivity index (χ2v) is 7.23. The number of benzene rings is 2. The summed E-state index contributed by atoms with van der Waals surface area (Å²) < 4.78 is 1.71. The summed E-state index contributed by atoms with van der Waals surface area (Å²) in [6, 6.07) is 15.9. The molecule has 2 heterocycles. The first kappa shape index (κ1) is 18.2. The molecule has 1 aromatic heterocycles. The highest BCUT2D eigenvalue weighted by Gasteiger charge is 2.31. The maximum absolute atomic E-state index is 12.6. The third-order valence-electron chi connectivity index (χ3n) is 5.18. The zero-order valence-electron chi connectivity index (χ0n) is 16.0. The van der Waals surface area contributed by atoms with Gasteiger partial charge in [-0.25, -0.2) is 0 Å². The van der Waals surface area contributed by atoms with Crippen LogP contribution >= 0.6 is 0 Å². The van der Waals surface area contributed by atoms with Gasteiger partial charge >= 0.3 is 0 Å². The Morgan fingerprint density at radius 1 is 1.18 bits per heavy atom. The number of carbonyl (C=O) groups excluding carboxylic acids is 2. The van der Waals surface area contributed by atoms with Gasteiger partial charge in [-0.15, -0.1) is 0 Å². The Bertz CT molecular complexity index is 1010. The summed E-state index contributed by atoms with van der Waals surface area (Å²) in [6.07, 6.45) is 2.87. The molecule has 1 aliphatic rings. The Morgan fingerprint density at radius 2 is 2.00 bits per heavy atom. The van der Waals surface area contributed by atoms with Crippen LogP contribution in [0.15, 0.2) is 54.7 Å². The fourth-order valence-electron chi connectivity index (χ4n) is 3.83. The molecule has 6 heteroatoms. The molecule has 0 bridgehead atoms. The largest absolute Gasteiger partial charge is 0.346 e. The van der Waals surface area contributed by atoms with Crippen LogP contribution in [0.1, 0.15) is 35.8 Å². The van der Waals surface area contributed by atoms with Gasteiger partial charge < -0.3 is 10.2 Å². The van der Waals surface area contributed by atoms with E-state index >= 15 is 0 Å². The SMILES string of the molecule is CCCn1nccc1C(=O)N[C@H]1CC(=O)N(Cc2cccc3ccccc23)C1. The van der Waals surface area contributed by atoms with E-state index in [1.165, 1.54) is 5.39 Å². The molecule has 28 heavy (non-hydrogen) atoms. The molecule has 0 radical (unpaired) electrons. The summed E-state index contributed by atoms with van der Waals surface area (Å²) in [4.78, 5) is 27.0. The quantitative estimate of drug-likeness (QED) is 0.719. The van der Waals surface area contributed by atoms with Gasteiger partial charge in [0.1, 0.15) is 5.69 Å². The second kappa shape index (κ2) is 7.84. The van der Waals surface area contributed by atoms with E-state index in [1.54, 1.807) is 16.9 Å². The molecule has 0 aliphatic carbocycles. The van der Waals surface area contributed by atoms with Crippen molar-refractivity contribution in [1.29, 1.82) is 0 Å². The zero-order valence-corrected chi connectivity index (χ0v) is 16.0. The maximum Gasteiger partial charge on any atom is 0.269 e. The Kier molecular flexibility index (Phi) is 5.10. The molecular formula is C22H24N4O2. The molecule has 1 fully saturated rings. The zero-order chi connectivity index (χ0) is 19.5. The van der Waals surface area contributed by atoms with Crippen LogP contribution in [-0.4, -0.2) is 39.1 Å². The molecular weight excluding hydrogens is 352 g/mol. The van der Waals surface area contributed by atoms with E-state index in [0.29, 0.717) is 31.7 Å². The van der Waals surface area contributed by atoms with E-state index < -0.39 is 0 Å². The monoisotopic (exact) mass is 376 g/mol. The predicted octanol–water partition coefficient (Wildman–Crippen LogP) is 2.98. The van der Waals surface area contributed by atoms with E-state index in [4.69, 9.17) is 0 Å². The number of carbonyl (C=O) groups is 2. The molecule has 4 rings (SSSR count). The number of aromatic nitrogens is 2. The van der Waals surface area contributed by atoms with Gasteiger partial charge in [0.15, 0.2) is 0 Å². The lowest BCUT2D eigenvalue weighted by molar-refractivity contribution is -0.128. The van der Waals surface area contributed by atoms with Gasteiger partial charge in [-0.05, 0) is 28.8 Å². The van der Waals surface area contributed by atoms with Crippen molar-refractivity contribution in [2.24, 2.45) is 0 Å². The Balaban J connectivity index is 1.44. The Hall–Kier alpha value is -3.15. The summed E-state index contributed by atoms with van der Waals surface area (Å²) in [5.41, 5.74) is 1.67. The van der Waals surface area contributed by atoms with Crippen molar-refractivity contribution < 1.29 is 9.59 Å². The molecule has 0 spiro atoms. The first-order chi connectivity index (χ1) is 13.7. The van der Waals surface area contributed by atoms with E-state index in [9.17, 15) is 9.59 Å². The van der Waals surface area contributed by atoms with Gasteiger partial charge in [0.2, 0.25) is 5.91 Å². The van der Waals surface area contributed by atoms with Crippen LogP contribution in [0, 0.1) is 0 Å². The van der Waals surface area contributed by atoms with Crippen molar-refractivity contribution in [3.8, 4) is 0 Å². The lowest BCUT2D eigenvalue weighted by Crippen LogP contribution is -2.38. The lowest BCUT2D eigenvalue weighted by Gasteiger charge is -2.18. The third-order valence-corrected chi connectivity index (χ3v) is 5.18. The number of rotatable bonds is 6. The molecule has 0 saturated carbocycles. The molecule has 0 unspecified atom stereocenters. The lowest BCUT2D eigenvalue weighted by atomic mass is 10.0. The maximum atomic E-state index is 12.6. The Labute approximate surface area is 164 Å². The van der Waals surface area contributed by atoms with E-state index in [-0.39, 0.29) is 17.9 Å². The van der Waals surface area contributed by atoms with Gasteiger partial charge in [-0.2, -0.15) is 5.10 Å². The van der Waals surface area contributed by atoms with Crippen molar-refractivity contribution in [3.63, 3.8) is 0 Å². The minimum atomic E-state index is -0.181. The molecule has 2 amide bonds. The molecule has 144 valence electrons. The second-order valence-electron chi connectivity index (χ2n) is 7.23. The fourth-order valence-corrected chi connectivity index (χ4v) is 3.83. The van der Waals surface area contributed by atoms with Crippen LogP contribution in [0.3, 0.4) is 0 Å². The van der Waals surface area contributed by atoms with Crippen molar-refractivity contribution >= 4 is 22.6 Å². The van der Waals surface area contributed by atoms with Gasteiger partial charge in [-0.1, -0.05) is 49.4 Å². The first-order valence-electron chi connectivity index (χ1n) is 9.73. The Morgan fingerprint density at radius 3 is 2.86 bits per heavy atom. The van der Waals surface area contributed by atoms with Crippen molar-refractivity contribution in [2.75, 3.05) is 6.54 Å². The van der Waals surface area contributed by atoms with E-state index in [2.05, 4.69) is 34.7 Å². The summed E-state index contributed by atoms with van der Waals surface area (Å²) in [5, 5.41) is 9.52. The summed E-state index contributed by atoms with van der Waals surface area (Å²) in [7, 11) is 0. The summed E-state index contributed by atoms with van der Waals surface area (Å²) in [6.45, 7) is 3.83. The molecule has 6 nitrogen and oxygen atoms in total. The van der Waals surface area contributed by atoms with Crippen LogP contribution in [0.4, 0.5) is 0 Å². The average molecular weight is 376 g/mol. The topological polar surface area (TPSA) is 67.2 Å². The highest BCUT2D eigenvalue weighted by Crippen LogP contribution is 2.22. The number of amides is 2. The number of hydrogen-bond donors (Lipinski definition) is 1. The molecule has 1 aliphatic heterocycles. The van der Waals surface area contributed by atoms with E-state index in [0.717, 1.165) is 17.4 Å². The van der Waals surface area contributed by atoms with Crippen LogP contribution < -0.4 is 5.32 Å². The van der Waals surface area contributed by atoms with Crippen molar-refractivity contribution in [3.05, 3.63) is 66.0 Å². The highest BCUT2D eigenvalue weighted by molar-refractivity contribution is 5.93. The predicted molar refractivity (Wildman–Crippen MR) is 108 cm³/mol. The normalized spacial score (nSPS) is 16.7. The number of hydrogen-bond acceptors (Lipinski definition) is 3. The van der Waals surface area contributed by atoms with Gasteiger partial charge in [-0.3, -0.25) is 14.3 Å². The van der Waals surface area contributed by atoms with E-state index in [1.807, 2.05) is 30.0 Å². The van der Waals surface area contributed by atoms with Crippen LogP contribution in [0.2, 0.25) is 0 Å². The standard InChI is InChI=1S/C22H24N4O2/c1-2-12-26-20(10-11-23-26)22(28)24-18-13-21(27)25(15-18)14-17-8-5-7-16-6-3-4-9-19(16)17/h3-11,18H,2,12-15H2,1H3,(H,24,28)/t18-/m0/s1. The molecule has 1 N–H and O–H groups in total. The molecule has 3 aromatic rings. The summed E-state index contributed by atoms with van der Waals surface area (Å²) >= 11 is 0. The number of nitrogens with one attached hydrogen (secondary N) is 1. The molecule has 1 atom stereocenters. The summed E-state index contributed by atoms with van der Waals surface area (Å²) in [5.74, 6) is -0.101. The van der Waals surface area contributed by atoms with Crippen LogP contribution in [0.5, 0.6) is 0 Å². The number of aryl methyl sites for hydroxylation is 1. The van der Waals surface area contributed by atoms with Gasteiger partial charge in [0.25, 0.3) is 5.91 Å². The number of likely N-dealkylation sites (tertiary alicyclic amines) is 1. The number of fused-ring (bicyclic) bond motifs is 1. The van der Waals surface area contributed by atoms with Gasteiger partial charge in [0, 0.05) is 32.3 Å². The minimum Gasteiger partial charge on any atom is -0.346 e. The van der Waals surface area contributed by atoms with Crippen LogP contribution in [-0.2, 0) is 17.9 Å². The van der Waals surface area contributed by atoms with Crippen molar-refractivity contribution in [2.45, 2.75) is 38.9 Å². The fraction of sp³-hybridized carbons (Fsp3) is 0.318. The smallest absolute Gasteiger partial charge is 0.269 e. The van der Waals surface area contributed by atoms with Crippen molar-refractivity contribution in [1.82, 2.24) is 20.0 Å². The number of nitrogens with zero attached hydrogens (tertiary/aromatic N) is 3. The average Bonchev–Trinajstić information content (AvgIpc) is 3.29.